The van der Waals surface area contributed by atoms with Crippen molar-refractivity contribution < 1.29 is 9.47 Å². The van der Waals surface area contributed by atoms with Gasteiger partial charge in [-0.15, -0.1) is 0 Å². The van der Waals surface area contributed by atoms with Crippen LogP contribution in [-0.2, 0) is 6.54 Å². The molecule has 0 bridgehead atoms. The first kappa shape index (κ1) is 21.7. The molecule has 0 amide bonds. The molecule has 3 aliphatic heterocycles. The fraction of sp³-hybridized carbons (Fsp3) is 0.556. The number of piperidine rings is 1. The van der Waals surface area contributed by atoms with Gasteiger partial charge in [-0.25, -0.2) is 0 Å². The molecule has 2 fully saturated rings. The SMILES string of the molecule is CC(C)c1ccccc1C1CN(Cc2cccc3c2OCCO3)CCN1C1CCNCC1. The predicted molar refractivity (Wildman–Crippen MR) is 129 cm³/mol. The Balaban J connectivity index is 1.41. The average Bonchev–Trinajstić information content (AvgIpc) is 2.85. The Kier molecular flexibility index (Phi) is 6.67. The summed E-state index contributed by atoms with van der Waals surface area (Å²) in [4.78, 5) is 5.44. The molecule has 5 heteroatoms. The molecule has 0 spiro atoms. The minimum absolute atomic E-state index is 0.433. The number of benzene rings is 2. The van der Waals surface area contributed by atoms with Gasteiger partial charge in [0.15, 0.2) is 11.5 Å². The summed E-state index contributed by atoms with van der Waals surface area (Å²) in [5.41, 5.74) is 4.25. The van der Waals surface area contributed by atoms with Gasteiger partial charge in [0.25, 0.3) is 0 Å². The van der Waals surface area contributed by atoms with Gasteiger partial charge in [0.1, 0.15) is 13.2 Å². The number of piperazine rings is 1. The number of nitrogens with one attached hydrogen (secondary N) is 1. The summed E-state index contributed by atoms with van der Waals surface area (Å²) in [6.07, 6.45) is 2.50. The van der Waals surface area contributed by atoms with Gasteiger partial charge in [-0.05, 0) is 49.0 Å². The van der Waals surface area contributed by atoms with E-state index in [2.05, 4.69) is 65.4 Å². The van der Waals surface area contributed by atoms with Crippen LogP contribution in [0.25, 0.3) is 0 Å². The minimum Gasteiger partial charge on any atom is -0.486 e. The van der Waals surface area contributed by atoms with Crippen molar-refractivity contribution in [2.45, 2.75) is 51.2 Å². The summed E-state index contributed by atoms with van der Waals surface area (Å²) >= 11 is 0. The number of hydrogen-bond donors (Lipinski definition) is 1. The lowest BCUT2D eigenvalue weighted by molar-refractivity contribution is 0.0245. The van der Waals surface area contributed by atoms with Crippen LogP contribution in [0.4, 0.5) is 0 Å². The summed E-state index contributed by atoms with van der Waals surface area (Å²) in [7, 11) is 0. The Labute approximate surface area is 192 Å². The Bertz CT molecular complexity index is 910. The Morgan fingerprint density at radius 1 is 0.969 bits per heavy atom. The van der Waals surface area contributed by atoms with E-state index in [-0.39, 0.29) is 0 Å². The van der Waals surface area contributed by atoms with Crippen LogP contribution in [0.5, 0.6) is 11.5 Å². The Morgan fingerprint density at radius 2 is 1.78 bits per heavy atom. The molecule has 3 heterocycles. The molecule has 2 aromatic carbocycles. The van der Waals surface area contributed by atoms with Crippen LogP contribution in [0.2, 0.25) is 0 Å². The van der Waals surface area contributed by atoms with Gasteiger partial charge in [0.2, 0.25) is 0 Å². The second-order valence-corrected chi connectivity index (χ2v) is 9.69. The number of para-hydroxylation sites is 1. The zero-order valence-corrected chi connectivity index (χ0v) is 19.6. The molecule has 3 aliphatic rings. The highest BCUT2D eigenvalue weighted by atomic mass is 16.6. The van der Waals surface area contributed by atoms with Gasteiger partial charge in [0, 0.05) is 43.8 Å². The van der Waals surface area contributed by atoms with Gasteiger partial charge in [-0.3, -0.25) is 9.80 Å². The van der Waals surface area contributed by atoms with Gasteiger partial charge < -0.3 is 14.8 Å². The standard InChI is InChI=1S/C27H37N3O2/c1-20(2)23-7-3-4-8-24(23)25-19-29(14-15-30(25)22-10-12-28-13-11-22)18-21-6-5-9-26-27(21)32-17-16-31-26/h3-9,20,22,25,28H,10-19H2,1-2H3. The molecule has 1 unspecified atom stereocenters. The maximum atomic E-state index is 6.01. The smallest absolute Gasteiger partial charge is 0.165 e. The third kappa shape index (κ3) is 4.52. The zero-order valence-electron chi connectivity index (χ0n) is 19.6. The molecule has 2 aromatic rings. The lowest BCUT2D eigenvalue weighted by Crippen LogP contribution is -2.54. The number of rotatable bonds is 5. The maximum absolute atomic E-state index is 6.01. The molecule has 0 aliphatic carbocycles. The highest BCUT2D eigenvalue weighted by Crippen LogP contribution is 2.37. The fourth-order valence-electron chi connectivity index (χ4n) is 5.69. The van der Waals surface area contributed by atoms with E-state index >= 15 is 0 Å². The van der Waals surface area contributed by atoms with Crippen LogP contribution in [0.3, 0.4) is 0 Å². The van der Waals surface area contributed by atoms with Crippen molar-refractivity contribution in [3.8, 4) is 11.5 Å². The van der Waals surface area contributed by atoms with Crippen LogP contribution in [0.1, 0.15) is 55.3 Å². The van der Waals surface area contributed by atoms with Crippen molar-refractivity contribution in [2.75, 3.05) is 45.9 Å². The van der Waals surface area contributed by atoms with Crippen molar-refractivity contribution in [3.05, 3.63) is 59.2 Å². The lowest BCUT2D eigenvalue weighted by Gasteiger charge is -2.47. The third-order valence-corrected chi connectivity index (χ3v) is 7.30. The largest absolute Gasteiger partial charge is 0.486 e. The van der Waals surface area contributed by atoms with Crippen molar-refractivity contribution in [3.63, 3.8) is 0 Å². The van der Waals surface area contributed by atoms with E-state index in [0.717, 1.165) is 50.8 Å². The quantitative estimate of drug-likeness (QED) is 0.762. The normalized spacial score (nSPS) is 22.9. The van der Waals surface area contributed by atoms with E-state index in [1.165, 1.54) is 29.5 Å². The van der Waals surface area contributed by atoms with Crippen molar-refractivity contribution >= 4 is 0 Å². The highest BCUT2D eigenvalue weighted by molar-refractivity contribution is 5.47. The number of fused-ring (bicyclic) bond motifs is 1. The number of nitrogens with zero attached hydrogens (tertiary/aromatic N) is 2. The lowest BCUT2D eigenvalue weighted by atomic mass is 9.89. The molecule has 172 valence electrons. The second kappa shape index (κ2) is 9.82. The highest BCUT2D eigenvalue weighted by Gasteiger charge is 2.35. The van der Waals surface area contributed by atoms with Crippen molar-refractivity contribution in [1.82, 2.24) is 15.1 Å². The van der Waals surface area contributed by atoms with Crippen LogP contribution < -0.4 is 14.8 Å². The maximum Gasteiger partial charge on any atom is 0.165 e. The van der Waals surface area contributed by atoms with Crippen LogP contribution in [0.15, 0.2) is 42.5 Å². The Hall–Kier alpha value is -2.08. The van der Waals surface area contributed by atoms with E-state index in [0.29, 0.717) is 31.2 Å². The topological polar surface area (TPSA) is 37.0 Å². The predicted octanol–water partition coefficient (Wildman–Crippen LogP) is 4.19. The van der Waals surface area contributed by atoms with Gasteiger partial charge >= 0.3 is 0 Å². The summed E-state index contributed by atoms with van der Waals surface area (Å²) in [6.45, 7) is 12.4. The van der Waals surface area contributed by atoms with Crippen molar-refractivity contribution in [1.29, 1.82) is 0 Å². The van der Waals surface area contributed by atoms with Crippen LogP contribution in [-0.4, -0.2) is 61.8 Å². The number of hydrogen-bond acceptors (Lipinski definition) is 5. The molecule has 0 aromatic heterocycles. The summed E-state index contributed by atoms with van der Waals surface area (Å²) in [5.74, 6) is 2.37. The van der Waals surface area contributed by atoms with E-state index in [9.17, 15) is 0 Å². The molecule has 5 nitrogen and oxygen atoms in total. The summed E-state index contributed by atoms with van der Waals surface area (Å²) in [5, 5.41) is 3.55. The van der Waals surface area contributed by atoms with Gasteiger partial charge in [-0.1, -0.05) is 50.2 Å². The molecule has 1 N–H and O–H groups in total. The number of ether oxygens (including phenoxy) is 2. The molecule has 2 saturated heterocycles. The van der Waals surface area contributed by atoms with E-state index in [4.69, 9.17) is 9.47 Å². The summed E-state index contributed by atoms with van der Waals surface area (Å²) < 4.78 is 11.8. The molecule has 0 radical (unpaired) electrons. The molecule has 5 rings (SSSR count). The summed E-state index contributed by atoms with van der Waals surface area (Å²) in [6, 6.07) is 16.5. The molecule has 0 saturated carbocycles. The van der Waals surface area contributed by atoms with Crippen molar-refractivity contribution in [2.24, 2.45) is 0 Å². The first-order valence-electron chi connectivity index (χ1n) is 12.4. The monoisotopic (exact) mass is 435 g/mol. The first-order valence-corrected chi connectivity index (χ1v) is 12.4. The molecule has 1 atom stereocenters. The minimum atomic E-state index is 0.433. The fourth-order valence-corrected chi connectivity index (χ4v) is 5.69. The van der Waals surface area contributed by atoms with Crippen LogP contribution in [0, 0.1) is 0 Å². The molecule has 32 heavy (non-hydrogen) atoms. The first-order chi connectivity index (χ1) is 15.7. The van der Waals surface area contributed by atoms with Gasteiger partial charge in [0.05, 0.1) is 0 Å². The van der Waals surface area contributed by atoms with E-state index < -0.39 is 0 Å². The van der Waals surface area contributed by atoms with Gasteiger partial charge in [-0.2, -0.15) is 0 Å². The third-order valence-electron chi connectivity index (χ3n) is 7.30. The Morgan fingerprint density at radius 3 is 2.62 bits per heavy atom. The van der Waals surface area contributed by atoms with E-state index in [1.807, 2.05) is 6.07 Å². The molecular formula is C27H37N3O2. The zero-order chi connectivity index (χ0) is 21.9. The van der Waals surface area contributed by atoms with E-state index in [1.54, 1.807) is 0 Å². The second-order valence-electron chi connectivity index (χ2n) is 9.69. The van der Waals surface area contributed by atoms with Crippen LogP contribution >= 0.6 is 0 Å². The molecular weight excluding hydrogens is 398 g/mol. The average molecular weight is 436 g/mol.